The summed E-state index contributed by atoms with van der Waals surface area (Å²) >= 11 is 4.67. The number of halogens is 2. The zero-order valence-corrected chi connectivity index (χ0v) is 13.1. The van der Waals surface area contributed by atoms with Crippen molar-refractivity contribution in [3.05, 3.63) is 0 Å². The van der Waals surface area contributed by atoms with E-state index in [-0.39, 0.29) is 12.2 Å². The second-order valence-electron chi connectivity index (χ2n) is 2.80. The summed E-state index contributed by atoms with van der Waals surface area (Å²) in [6, 6.07) is 0. The molecule has 11 heavy (non-hydrogen) atoms. The molecule has 0 amide bonds. The van der Waals surface area contributed by atoms with Crippen LogP contribution in [0.25, 0.3) is 0 Å². The fraction of sp³-hybridized carbons (Fsp3) is 1.00. The van der Waals surface area contributed by atoms with E-state index in [2.05, 4.69) is 38.4 Å². The third kappa shape index (κ3) is 8.43. The Kier molecular flexibility index (Phi) is 6.84. The van der Waals surface area contributed by atoms with E-state index in [4.69, 9.17) is 6.64 Å². The molecule has 0 atom stereocenters. The molecule has 0 heterocycles. The van der Waals surface area contributed by atoms with Crippen LogP contribution >= 0.6 is 38.4 Å². The fourth-order valence-electron chi connectivity index (χ4n) is 0.577. The molecule has 0 unspecified atom stereocenters. The molecule has 0 saturated carbocycles. The van der Waals surface area contributed by atoms with Crippen molar-refractivity contribution in [1.82, 2.24) is 0 Å². The third-order valence-corrected chi connectivity index (χ3v) is 7.27. The van der Waals surface area contributed by atoms with Crippen LogP contribution in [-0.2, 0) is 16.5 Å². The summed E-state index contributed by atoms with van der Waals surface area (Å²) in [5, 5.41) is 0. The van der Waals surface area contributed by atoms with Gasteiger partial charge in [-0.05, 0) is 0 Å². The van der Waals surface area contributed by atoms with Crippen LogP contribution in [0.5, 0.6) is 0 Å². The van der Waals surface area contributed by atoms with Crippen LogP contribution in [0.3, 0.4) is 0 Å². The molecule has 0 aliphatic heterocycles. The summed E-state index contributed by atoms with van der Waals surface area (Å²) in [7, 11) is -2.37. The van der Waals surface area contributed by atoms with Gasteiger partial charge in [0.15, 0.2) is 0 Å². The van der Waals surface area contributed by atoms with Crippen molar-refractivity contribution in [3.8, 4) is 0 Å². The SMILES string of the molecule is CC(C)[O][Ti]([I])([I])[O]C(C)C. The average molecular weight is 420 g/mol. The van der Waals surface area contributed by atoms with E-state index < -0.39 is 9.87 Å². The Morgan fingerprint density at radius 2 is 1.18 bits per heavy atom. The Morgan fingerprint density at radius 3 is 1.36 bits per heavy atom. The van der Waals surface area contributed by atoms with Gasteiger partial charge in [-0.2, -0.15) is 0 Å². The minimum absolute atomic E-state index is 0.280. The van der Waals surface area contributed by atoms with Crippen LogP contribution in [0.15, 0.2) is 0 Å². The second-order valence-corrected chi connectivity index (χ2v) is 25.2. The first-order valence-electron chi connectivity index (χ1n) is 3.57. The summed E-state index contributed by atoms with van der Waals surface area (Å²) < 4.78 is 11.4. The topological polar surface area (TPSA) is 18.5 Å². The maximum atomic E-state index is 5.69. The van der Waals surface area contributed by atoms with Gasteiger partial charge in [-0.25, -0.2) is 0 Å². The van der Waals surface area contributed by atoms with Gasteiger partial charge in [-0.1, -0.05) is 0 Å². The molecule has 0 spiro atoms. The fourth-order valence-corrected chi connectivity index (χ4v) is 10.8. The van der Waals surface area contributed by atoms with E-state index >= 15 is 0 Å². The van der Waals surface area contributed by atoms with Gasteiger partial charge in [0.25, 0.3) is 0 Å². The van der Waals surface area contributed by atoms with E-state index in [1.807, 2.05) is 27.7 Å². The summed E-state index contributed by atoms with van der Waals surface area (Å²) in [5.41, 5.74) is 0. The van der Waals surface area contributed by atoms with Crippen molar-refractivity contribution >= 4 is 38.4 Å². The van der Waals surface area contributed by atoms with E-state index in [0.29, 0.717) is 0 Å². The minimum atomic E-state index is -2.37. The van der Waals surface area contributed by atoms with E-state index in [1.165, 1.54) is 0 Å². The molecule has 0 aliphatic carbocycles. The van der Waals surface area contributed by atoms with E-state index in [0.717, 1.165) is 0 Å². The third-order valence-electron chi connectivity index (χ3n) is 0.746. The molecular formula is C6H14I2O2Ti. The molecule has 0 N–H and O–H groups in total. The normalized spacial score (nSPS) is 13.1. The first kappa shape index (κ1) is 13.1. The first-order valence-corrected chi connectivity index (χ1v) is 14.9. The Labute approximate surface area is 93.5 Å². The number of hydrogen-bond acceptors (Lipinski definition) is 2. The standard InChI is InChI=1S/2C3H7O.2HI.Ti/c2*1-3(2)4;;;/h2*3H,1-2H3;2*1H;/q2*-1;;;+4/p-2. The predicted octanol–water partition coefficient (Wildman–Crippen LogP) is 3.52. The van der Waals surface area contributed by atoms with Crippen molar-refractivity contribution in [1.29, 1.82) is 0 Å². The molecule has 0 bridgehead atoms. The monoisotopic (exact) mass is 420 g/mol. The van der Waals surface area contributed by atoms with Gasteiger partial charge in [-0.3, -0.25) is 0 Å². The molecule has 68 valence electrons. The molecule has 0 aromatic heterocycles. The van der Waals surface area contributed by atoms with Crippen LogP contribution in [0.4, 0.5) is 0 Å². The van der Waals surface area contributed by atoms with Gasteiger partial charge in [0.05, 0.1) is 0 Å². The molecule has 2 nitrogen and oxygen atoms in total. The summed E-state index contributed by atoms with van der Waals surface area (Å²) in [4.78, 5) is 0. The van der Waals surface area contributed by atoms with Crippen LogP contribution in [0.2, 0.25) is 0 Å². The number of rotatable bonds is 4. The van der Waals surface area contributed by atoms with Crippen molar-refractivity contribution < 1.29 is 16.5 Å². The van der Waals surface area contributed by atoms with Crippen LogP contribution in [0, 0.1) is 0 Å². The van der Waals surface area contributed by atoms with Gasteiger partial charge in [0.1, 0.15) is 0 Å². The van der Waals surface area contributed by atoms with Gasteiger partial charge < -0.3 is 0 Å². The maximum absolute atomic E-state index is 5.69. The van der Waals surface area contributed by atoms with Crippen molar-refractivity contribution in [2.45, 2.75) is 39.9 Å². The Hall–Kier alpha value is 2.09. The molecule has 0 aliphatic rings. The van der Waals surface area contributed by atoms with Crippen LogP contribution in [0.1, 0.15) is 27.7 Å². The second kappa shape index (κ2) is 5.75. The van der Waals surface area contributed by atoms with Crippen LogP contribution < -0.4 is 0 Å². The molecule has 0 rings (SSSR count). The first-order chi connectivity index (χ1) is 4.83. The molecule has 0 radical (unpaired) electrons. The van der Waals surface area contributed by atoms with Gasteiger partial charge in [-0.15, -0.1) is 0 Å². The average Bonchev–Trinajstić information content (AvgIpc) is 1.53. The van der Waals surface area contributed by atoms with Crippen molar-refractivity contribution in [3.63, 3.8) is 0 Å². The summed E-state index contributed by atoms with van der Waals surface area (Å²) in [5.74, 6) is 0. The van der Waals surface area contributed by atoms with Crippen LogP contribution in [-0.4, -0.2) is 12.2 Å². The Bertz CT molecular complexity index is 105. The zero-order valence-electron chi connectivity index (χ0n) is 7.23. The van der Waals surface area contributed by atoms with Crippen molar-refractivity contribution in [2.75, 3.05) is 0 Å². The van der Waals surface area contributed by atoms with E-state index in [1.54, 1.807) is 0 Å². The molecule has 0 aromatic rings. The quantitative estimate of drug-likeness (QED) is 0.513. The number of hydrogen-bond donors (Lipinski definition) is 0. The Balaban J connectivity index is 3.79. The molecule has 0 saturated heterocycles. The summed E-state index contributed by atoms with van der Waals surface area (Å²) in [6.45, 7) is 8.17. The van der Waals surface area contributed by atoms with Gasteiger partial charge >= 0.3 is 94.8 Å². The molecule has 0 aromatic carbocycles. The molecular weight excluding hydrogens is 406 g/mol. The predicted molar refractivity (Wildman–Crippen MR) is 60.5 cm³/mol. The Morgan fingerprint density at radius 1 is 0.909 bits per heavy atom. The summed E-state index contributed by atoms with van der Waals surface area (Å²) in [6.07, 6.45) is 0.560. The zero-order chi connectivity index (χ0) is 9.07. The van der Waals surface area contributed by atoms with E-state index in [9.17, 15) is 0 Å². The molecule has 0 fully saturated rings. The molecule has 5 heteroatoms. The van der Waals surface area contributed by atoms with Gasteiger partial charge in [0.2, 0.25) is 0 Å². The van der Waals surface area contributed by atoms with Gasteiger partial charge in [0, 0.05) is 0 Å². The van der Waals surface area contributed by atoms with Crippen molar-refractivity contribution in [2.24, 2.45) is 0 Å².